The van der Waals surface area contributed by atoms with E-state index in [1.165, 1.54) is 16.1 Å². The second-order valence-corrected chi connectivity index (χ2v) is 7.12. The summed E-state index contributed by atoms with van der Waals surface area (Å²) in [4.78, 5) is 41.2. The van der Waals surface area contributed by atoms with E-state index in [-0.39, 0.29) is 30.9 Å². The van der Waals surface area contributed by atoms with Crippen LogP contribution in [-0.2, 0) is 16.1 Å². The molecule has 0 radical (unpaired) electrons. The Labute approximate surface area is 168 Å². The number of nitrogens with zero attached hydrogens (tertiary/aromatic N) is 2. The van der Waals surface area contributed by atoms with Crippen LogP contribution in [0.25, 0.3) is 0 Å². The fourth-order valence-electron chi connectivity index (χ4n) is 3.67. The summed E-state index contributed by atoms with van der Waals surface area (Å²) >= 11 is 0. The maximum atomic E-state index is 13.2. The van der Waals surface area contributed by atoms with Crippen LogP contribution in [0.5, 0.6) is 0 Å². The number of rotatable bonds is 5. The molecule has 8 heteroatoms. The summed E-state index contributed by atoms with van der Waals surface area (Å²) in [5.41, 5.74) is 1.95. The highest BCUT2D eigenvalue weighted by Gasteiger charge is 2.45. The lowest BCUT2D eigenvalue weighted by Gasteiger charge is -2.31. The van der Waals surface area contributed by atoms with Crippen molar-refractivity contribution in [3.8, 4) is 0 Å². The molecule has 0 saturated carbocycles. The molecule has 2 aliphatic heterocycles. The molecular formula is C21H22N4O4. The van der Waals surface area contributed by atoms with Crippen molar-refractivity contribution in [2.45, 2.75) is 25.6 Å². The van der Waals surface area contributed by atoms with Crippen molar-refractivity contribution in [3.63, 3.8) is 0 Å². The van der Waals surface area contributed by atoms with Crippen molar-refractivity contribution in [2.24, 2.45) is 0 Å². The molecule has 29 heavy (non-hydrogen) atoms. The molecule has 0 unspecified atom stereocenters. The van der Waals surface area contributed by atoms with Gasteiger partial charge in [0, 0.05) is 7.05 Å². The first kappa shape index (κ1) is 18.8. The lowest BCUT2D eigenvalue weighted by atomic mass is 9.96. The average molecular weight is 394 g/mol. The van der Waals surface area contributed by atoms with E-state index in [9.17, 15) is 14.4 Å². The van der Waals surface area contributed by atoms with E-state index in [0.29, 0.717) is 17.0 Å². The zero-order valence-electron chi connectivity index (χ0n) is 16.2. The van der Waals surface area contributed by atoms with Gasteiger partial charge in [0.15, 0.2) is 0 Å². The van der Waals surface area contributed by atoms with Crippen LogP contribution in [0, 0.1) is 0 Å². The van der Waals surface area contributed by atoms with Crippen molar-refractivity contribution < 1.29 is 18.8 Å². The van der Waals surface area contributed by atoms with Gasteiger partial charge in [0.2, 0.25) is 5.91 Å². The second-order valence-electron chi connectivity index (χ2n) is 7.12. The molecule has 0 spiro atoms. The number of benzene rings is 1. The van der Waals surface area contributed by atoms with Gasteiger partial charge in [-0.2, -0.15) is 0 Å². The van der Waals surface area contributed by atoms with Gasteiger partial charge in [-0.05, 0) is 24.6 Å². The zero-order valence-corrected chi connectivity index (χ0v) is 16.2. The SMILES string of the molecule is C[C@H](C(=O)NCc1ccco1)N1CC2=C(C1=O)[C@H](c1ccccc1)NC(=O)N2C. The molecule has 2 aliphatic rings. The van der Waals surface area contributed by atoms with Gasteiger partial charge in [-0.25, -0.2) is 4.79 Å². The van der Waals surface area contributed by atoms with Crippen molar-refractivity contribution in [1.82, 2.24) is 20.4 Å². The fourth-order valence-corrected chi connectivity index (χ4v) is 3.67. The van der Waals surface area contributed by atoms with Gasteiger partial charge >= 0.3 is 6.03 Å². The molecule has 0 fully saturated rings. The van der Waals surface area contributed by atoms with Crippen LogP contribution in [0.15, 0.2) is 64.4 Å². The smallest absolute Gasteiger partial charge is 0.322 e. The number of hydrogen-bond donors (Lipinski definition) is 2. The Hall–Kier alpha value is -3.55. The third-order valence-corrected chi connectivity index (χ3v) is 5.39. The van der Waals surface area contributed by atoms with Gasteiger partial charge in [-0.1, -0.05) is 30.3 Å². The highest BCUT2D eigenvalue weighted by molar-refractivity contribution is 6.03. The van der Waals surface area contributed by atoms with Crippen LogP contribution in [0.4, 0.5) is 4.79 Å². The molecular weight excluding hydrogens is 372 g/mol. The van der Waals surface area contributed by atoms with Crippen molar-refractivity contribution in [1.29, 1.82) is 0 Å². The molecule has 150 valence electrons. The molecule has 2 aromatic rings. The largest absolute Gasteiger partial charge is 0.467 e. The summed E-state index contributed by atoms with van der Waals surface area (Å²) in [6.07, 6.45) is 1.54. The lowest BCUT2D eigenvalue weighted by molar-refractivity contribution is -0.135. The van der Waals surface area contributed by atoms with E-state index in [2.05, 4.69) is 10.6 Å². The summed E-state index contributed by atoms with van der Waals surface area (Å²) < 4.78 is 5.22. The van der Waals surface area contributed by atoms with E-state index in [0.717, 1.165) is 5.56 Å². The molecule has 1 aromatic carbocycles. The standard InChI is InChI=1S/C21H22N4O4/c1-13(19(26)22-11-15-9-6-10-29-15)25-12-16-17(20(25)27)18(23-21(28)24(16)2)14-7-4-3-5-8-14/h3-10,13,18H,11-12H2,1-2H3,(H,22,26)(H,23,28)/t13-,18+/m1/s1. The van der Waals surface area contributed by atoms with E-state index < -0.39 is 12.1 Å². The molecule has 4 rings (SSSR count). The van der Waals surface area contributed by atoms with Crippen LogP contribution in [-0.4, -0.2) is 47.3 Å². The highest BCUT2D eigenvalue weighted by atomic mass is 16.3. The predicted molar refractivity (Wildman–Crippen MR) is 104 cm³/mol. The maximum absolute atomic E-state index is 13.2. The summed E-state index contributed by atoms with van der Waals surface area (Å²) in [5, 5.41) is 5.67. The van der Waals surface area contributed by atoms with Gasteiger partial charge < -0.3 is 20.0 Å². The third-order valence-electron chi connectivity index (χ3n) is 5.39. The number of amides is 4. The molecule has 2 atom stereocenters. The Morgan fingerprint density at radius 3 is 2.69 bits per heavy atom. The molecule has 0 bridgehead atoms. The van der Waals surface area contributed by atoms with Crippen LogP contribution < -0.4 is 10.6 Å². The molecule has 3 heterocycles. The molecule has 0 saturated heterocycles. The first-order chi connectivity index (χ1) is 14.0. The van der Waals surface area contributed by atoms with Crippen LogP contribution in [0.1, 0.15) is 24.3 Å². The van der Waals surface area contributed by atoms with Gasteiger partial charge in [0.25, 0.3) is 5.91 Å². The quantitative estimate of drug-likeness (QED) is 0.808. The summed E-state index contributed by atoms with van der Waals surface area (Å²) in [6, 6.07) is 11.4. The van der Waals surface area contributed by atoms with Crippen molar-refractivity contribution in [3.05, 3.63) is 71.3 Å². The van der Waals surface area contributed by atoms with Gasteiger partial charge in [-0.15, -0.1) is 0 Å². The minimum absolute atomic E-state index is 0.205. The number of hydrogen-bond acceptors (Lipinski definition) is 4. The van der Waals surface area contributed by atoms with Crippen LogP contribution in [0.3, 0.4) is 0 Å². The Bertz CT molecular complexity index is 968. The summed E-state index contributed by atoms with van der Waals surface area (Å²) in [5.74, 6) is 0.100. The fraction of sp³-hybridized carbons (Fsp3) is 0.286. The lowest BCUT2D eigenvalue weighted by Crippen LogP contribution is -2.46. The molecule has 1 aromatic heterocycles. The Morgan fingerprint density at radius 2 is 2.00 bits per heavy atom. The summed E-state index contributed by atoms with van der Waals surface area (Å²) in [6.45, 7) is 2.13. The Balaban J connectivity index is 1.55. The van der Waals surface area contributed by atoms with E-state index >= 15 is 0 Å². The highest BCUT2D eigenvalue weighted by Crippen LogP contribution is 2.36. The van der Waals surface area contributed by atoms with Gasteiger partial charge in [0.1, 0.15) is 11.8 Å². The molecule has 0 aliphatic carbocycles. The molecule has 2 N–H and O–H groups in total. The molecule has 8 nitrogen and oxygen atoms in total. The number of furan rings is 1. The van der Waals surface area contributed by atoms with Gasteiger partial charge in [-0.3, -0.25) is 14.5 Å². The monoisotopic (exact) mass is 394 g/mol. The van der Waals surface area contributed by atoms with Crippen LogP contribution >= 0.6 is 0 Å². The predicted octanol–water partition coefficient (Wildman–Crippen LogP) is 1.78. The number of carbonyl (C=O) groups is 3. The van der Waals surface area contributed by atoms with Gasteiger partial charge in [0.05, 0.1) is 36.7 Å². The topological polar surface area (TPSA) is 94.9 Å². The Kier molecular flexibility index (Phi) is 4.84. The average Bonchev–Trinajstić information content (AvgIpc) is 3.37. The van der Waals surface area contributed by atoms with E-state index in [1.807, 2.05) is 30.3 Å². The first-order valence-corrected chi connectivity index (χ1v) is 9.40. The number of likely N-dealkylation sites (N-methyl/N-ethyl adjacent to an activating group) is 1. The Morgan fingerprint density at radius 1 is 1.24 bits per heavy atom. The van der Waals surface area contributed by atoms with E-state index in [1.54, 1.807) is 26.1 Å². The maximum Gasteiger partial charge on any atom is 0.322 e. The number of carbonyl (C=O) groups excluding carboxylic acids is 3. The second kappa shape index (κ2) is 7.46. The van der Waals surface area contributed by atoms with Crippen molar-refractivity contribution in [2.75, 3.05) is 13.6 Å². The third kappa shape index (κ3) is 3.37. The summed E-state index contributed by atoms with van der Waals surface area (Å²) in [7, 11) is 1.63. The number of urea groups is 1. The molecule has 4 amide bonds. The number of nitrogens with one attached hydrogen (secondary N) is 2. The zero-order chi connectivity index (χ0) is 20.5. The minimum atomic E-state index is -0.692. The van der Waals surface area contributed by atoms with Crippen molar-refractivity contribution >= 4 is 17.8 Å². The minimum Gasteiger partial charge on any atom is -0.467 e. The normalized spacial score (nSPS) is 19.9. The van der Waals surface area contributed by atoms with Crippen LogP contribution in [0.2, 0.25) is 0 Å². The first-order valence-electron chi connectivity index (χ1n) is 9.40. The van der Waals surface area contributed by atoms with E-state index in [4.69, 9.17) is 4.42 Å².